The van der Waals surface area contributed by atoms with Crippen LogP contribution in [-0.2, 0) is 4.79 Å². The van der Waals surface area contributed by atoms with E-state index in [1.54, 1.807) is 4.90 Å². The Kier molecular flexibility index (Phi) is 5.13. The molecular weight excluding hydrogens is 190 g/mol. The van der Waals surface area contributed by atoms with E-state index in [9.17, 15) is 4.79 Å². The van der Waals surface area contributed by atoms with Gasteiger partial charge in [-0.25, -0.2) is 0 Å². The maximum absolute atomic E-state index is 11.5. The second-order valence-corrected chi connectivity index (χ2v) is 4.06. The van der Waals surface area contributed by atoms with Crippen LogP contribution in [0.1, 0.15) is 25.7 Å². The SMILES string of the molecule is CN1CCCN(CCCCC#N)CC1=O. The van der Waals surface area contributed by atoms with Gasteiger partial charge in [0.25, 0.3) is 0 Å². The number of likely N-dealkylation sites (N-methyl/N-ethyl adjacent to an activating group) is 1. The molecule has 0 unspecified atom stereocenters. The van der Waals surface area contributed by atoms with Crippen molar-refractivity contribution >= 4 is 5.91 Å². The standard InChI is InChI=1S/C11H19N3O/c1-13-7-5-9-14(10-11(13)15)8-4-2-3-6-12/h2-5,7-10H2,1H3. The van der Waals surface area contributed by atoms with Crippen molar-refractivity contribution in [3.8, 4) is 6.07 Å². The summed E-state index contributed by atoms with van der Waals surface area (Å²) in [5, 5.41) is 8.40. The van der Waals surface area contributed by atoms with E-state index in [4.69, 9.17) is 5.26 Å². The molecule has 0 atom stereocenters. The first-order chi connectivity index (χ1) is 7.24. The minimum absolute atomic E-state index is 0.216. The van der Waals surface area contributed by atoms with Gasteiger partial charge in [0.1, 0.15) is 0 Å². The molecule has 0 bridgehead atoms. The fraction of sp³-hybridized carbons (Fsp3) is 0.818. The quantitative estimate of drug-likeness (QED) is 0.645. The maximum atomic E-state index is 11.5. The highest BCUT2D eigenvalue weighted by Crippen LogP contribution is 2.04. The average molecular weight is 209 g/mol. The first-order valence-electron chi connectivity index (χ1n) is 5.57. The summed E-state index contributed by atoms with van der Waals surface area (Å²) < 4.78 is 0. The molecule has 1 rings (SSSR count). The number of nitrogens with zero attached hydrogens (tertiary/aromatic N) is 3. The fourth-order valence-electron chi connectivity index (χ4n) is 1.78. The molecule has 1 saturated heterocycles. The van der Waals surface area contributed by atoms with E-state index >= 15 is 0 Å². The lowest BCUT2D eigenvalue weighted by molar-refractivity contribution is -0.129. The molecule has 0 aliphatic carbocycles. The van der Waals surface area contributed by atoms with Crippen molar-refractivity contribution in [2.24, 2.45) is 0 Å². The maximum Gasteiger partial charge on any atom is 0.236 e. The van der Waals surface area contributed by atoms with Gasteiger partial charge in [0, 0.05) is 26.6 Å². The molecule has 0 aromatic carbocycles. The van der Waals surface area contributed by atoms with Crippen molar-refractivity contribution in [2.75, 3.05) is 33.2 Å². The van der Waals surface area contributed by atoms with Crippen LogP contribution in [0.4, 0.5) is 0 Å². The monoisotopic (exact) mass is 209 g/mol. The van der Waals surface area contributed by atoms with E-state index in [-0.39, 0.29) is 5.91 Å². The molecule has 0 spiro atoms. The number of hydrogen-bond acceptors (Lipinski definition) is 3. The molecule has 1 aliphatic rings. The van der Waals surface area contributed by atoms with Gasteiger partial charge < -0.3 is 4.90 Å². The first-order valence-corrected chi connectivity index (χ1v) is 5.57. The molecule has 0 N–H and O–H groups in total. The third kappa shape index (κ3) is 4.30. The lowest BCUT2D eigenvalue weighted by Crippen LogP contribution is -2.34. The normalized spacial score (nSPS) is 18.7. The van der Waals surface area contributed by atoms with Crippen molar-refractivity contribution in [2.45, 2.75) is 25.7 Å². The van der Waals surface area contributed by atoms with Gasteiger partial charge >= 0.3 is 0 Å². The number of carbonyl (C=O) groups is 1. The Bertz CT molecular complexity index is 247. The molecule has 1 amide bonds. The minimum atomic E-state index is 0.216. The lowest BCUT2D eigenvalue weighted by Gasteiger charge is -2.18. The Morgan fingerprint density at radius 2 is 2.20 bits per heavy atom. The Balaban J connectivity index is 2.24. The number of rotatable bonds is 4. The van der Waals surface area contributed by atoms with Crippen molar-refractivity contribution in [3.63, 3.8) is 0 Å². The van der Waals surface area contributed by atoms with E-state index < -0.39 is 0 Å². The molecule has 4 heteroatoms. The van der Waals surface area contributed by atoms with Gasteiger partial charge in [0.15, 0.2) is 0 Å². The van der Waals surface area contributed by atoms with Crippen LogP contribution >= 0.6 is 0 Å². The predicted octanol–water partition coefficient (Wildman–Crippen LogP) is 0.844. The third-order valence-corrected chi connectivity index (χ3v) is 2.77. The van der Waals surface area contributed by atoms with Gasteiger partial charge in [-0.2, -0.15) is 5.26 Å². The highest BCUT2D eigenvalue weighted by atomic mass is 16.2. The Hall–Kier alpha value is -1.08. The summed E-state index contributed by atoms with van der Waals surface area (Å²) in [5.41, 5.74) is 0. The van der Waals surface area contributed by atoms with Crippen LogP contribution in [0.2, 0.25) is 0 Å². The molecule has 1 aliphatic heterocycles. The van der Waals surface area contributed by atoms with Crippen LogP contribution in [0.15, 0.2) is 0 Å². The molecule has 0 radical (unpaired) electrons. The zero-order chi connectivity index (χ0) is 11.1. The zero-order valence-corrected chi connectivity index (χ0v) is 9.41. The third-order valence-electron chi connectivity index (χ3n) is 2.77. The Morgan fingerprint density at radius 1 is 1.40 bits per heavy atom. The molecule has 15 heavy (non-hydrogen) atoms. The van der Waals surface area contributed by atoms with Gasteiger partial charge in [-0.3, -0.25) is 9.69 Å². The Morgan fingerprint density at radius 3 is 2.93 bits per heavy atom. The van der Waals surface area contributed by atoms with Crippen LogP contribution < -0.4 is 0 Å². The largest absolute Gasteiger partial charge is 0.345 e. The number of hydrogen-bond donors (Lipinski definition) is 0. The van der Waals surface area contributed by atoms with E-state index in [0.717, 1.165) is 38.9 Å². The van der Waals surface area contributed by atoms with Crippen molar-refractivity contribution < 1.29 is 4.79 Å². The van der Waals surface area contributed by atoms with Gasteiger partial charge in [-0.15, -0.1) is 0 Å². The number of carbonyl (C=O) groups excluding carboxylic acids is 1. The van der Waals surface area contributed by atoms with E-state index in [0.29, 0.717) is 13.0 Å². The number of nitriles is 1. The molecule has 0 aromatic rings. The molecule has 0 aromatic heterocycles. The van der Waals surface area contributed by atoms with Crippen molar-refractivity contribution in [1.29, 1.82) is 5.26 Å². The molecule has 0 saturated carbocycles. The van der Waals surface area contributed by atoms with Gasteiger partial charge in [-0.1, -0.05) is 0 Å². The molecular formula is C11H19N3O. The van der Waals surface area contributed by atoms with Crippen molar-refractivity contribution in [3.05, 3.63) is 0 Å². The number of amides is 1. The predicted molar refractivity (Wildman–Crippen MR) is 58.2 cm³/mol. The summed E-state index contributed by atoms with van der Waals surface area (Å²) in [4.78, 5) is 15.5. The highest BCUT2D eigenvalue weighted by molar-refractivity contribution is 5.78. The topological polar surface area (TPSA) is 47.3 Å². The van der Waals surface area contributed by atoms with Gasteiger partial charge in [-0.05, 0) is 25.8 Å². The second-order valence-electron chi connectivity index (χ2n) is 4.06. The van der Waals surface area contributed by atoms with Crippen LogP contribution in [0.3, 0.4) is 0 Å². The number of unbranched alkanes of at least 4 members (excludes halogenated alkanes) is 2. The summed E-state index contributed by atoms with van der Waals surface area (Å²) in [6.45, 7) is 3.36. The summed E-state index contributed by atoms with van der Waals surface area (Å²) >= 11 is 0. The molecule has 1 fully saturated rings. The van der Waals surface area contributed by atoms with Gasteiger partial charge in [0.2, 0.25) is 5.91 Å². The lowest BCUT2D eigenvalue weighted by atomic mass is 10.2. The van der Waals surface area contributed by atoms with Crippen molar-refractivity contribution in [1.82, 2.24) is 9.80 Å². The summed E-state index contributed by atoms with van der Waals surface area (Å²) in [5.74, 6) is 0.216. The van der Waals surface area contributed by atoms with Crippen LogP contribution in [-0.4, -0.2) is 48.9 Å². The van der Waals surface area contributed by atoms with Crippen LogP contribution in [0.25, 0.3) is 0 Å². The van der Waals surface area contributed by atoms with Crippen LogP contribution in [0, 0.1) is 11.3 Å². The Labute approximate surface area is 91.5 Å². The molecule has 84 valence electrons. The smallest absolute Gasteiger partial charge is 0.236 e. The average Bonchev–Trinajstić information content (AvgIpc) is 2.37. The van der Waals surface area contributed by atoms with E-state index in [1.165, 1.54) is 0 Å². The van der Waals surface area contributed by atoms with Gasteiger partial charge in [0.05, 0.1) is 12.6 Å². The second kappa shape index (κ2) is 6.41. The first kappa shape index (κ1) is 12.0. The van der Waals surface area contributed by atoms with E-state index in [1.807, 2.05) is 7.05 Å². The summed E-state index contributed by atoms with van der Waals surface area (Å²) in [7, 11) is 1.86. The zero-order valence-electron chi connectivity index (χ0n) is 9.41. The highest BCUT2D eigenvalue weighted by Gasteiger charge is 2.17. The summed E-state index contributed by atoms with van der Waals surface area (Å²) in [6, 6.07) is 2.14. The fourth-order valence-corrected chi connectivity index (χ4v) is 1.78. The summed E-state index contributed by atoms with van der Waals surface area (Å²) in [6.07, 6.45) is 3.64. The van der Waals surface area contributed by atoms with E-state index in [2.05, 4.69) is 11.0 Å². The molecule has 4 nitrogen and oxygen atoms in total. The molecule has 1 heterocycles. The minimum Gasteiger partial charge on any atom is -0.345 e. The van der Waals surface area contributed by atoms with Crippen LogP contribution in [0.5, 0.6) is 0 Å².